The molecular weight excluding hydrogens is 384 g/mol. The minimum absolute atomic E-state index is 0.108. The summed E-state index contributed by atoms with van der Waals surface area (Å²) in [5.74, 6) is 0.757. The number of aromatic nitrogens is 2. The van der Waals surface area contributed by atoms with Gasteiger partial charge in [0, 0.05) is 54.8 Å². The summed E-state index contributed by atoms with van der Waals surface area (Å²) in [4.78, 5) is 20.4. The van der Waals surface area contributed by atoms with E-state index in [-0.39, 0.29) is 5.92 Å². The Morgan fingerprint density at radius 3 is 2.84 bits per heavy atom. The van der Waals surface area contributed by atoms with Gasteiger partial charge in [-0.1, -0.05) is 6.07 Å². The molecule has 158 valence electrons. The molecule has 1 aliphatic heterocycles. The van der Waals surface area contributed by atoms with Gasteiger partial charge in [-0.2, -0.15) is 0 Å². The van der Waals surface area contributed by atoms with Gasteiger partial charge in [0.2, 0.25) is 0 Å². The van der Waals surface area contributed by atoms with E-state index in [0.29, 0.717) is 11.7 Å². The van der Waals surface area contributed by atoms with Crippen molar-refractivity contribution in [3.63, 3.8) is 0 Å². The first-order chi connectivity index (χ1) is 15.2. The van der Waals surface area contributed by atoms with Crippen LogP contribution in [0.15, 0.2) is 42.9 Å². The molecule has 2 unspecified atom stereocenters. The molecule has 2 atom stereocenters. The van der Waals surface area contributed by atoms with Gasteiger partial charge in [-0.15, -0.1) is 0 Å². The van der Waals surface area contributed by atoms with Gasteiger partial charge < -0.3 is 14.6 Å². The molecule has 1 aromatic carbocycles. The summed E-state index contributed by atoms with van der Waals surface area (Å²) in [6.45, 7) is 6.24. The van der Waals surface area contributed by atoms with Crippen molar-refractivity contribution in [3.05, 3.63) is 65.2 Å². The predicted molar refractivity (Wildman–Crippen MR) is 124 cm³/mol. The average Bonchev–Trinajstić information content (AvgIpc) is 2.92. The highest BCUT2D eigenvalue weighted by molar-refractivity contribution is 6.27. The Morgan fingerprint density at radius 2 is 1.97 bits per heavy atom. The average molecular weight is 413 g/mol. The fourth-order valence-corrected chi connectivity index (χ4v) is 5.41. The van der Waals surface area contributed by atoms with E-state index in [9.17, 15) is 4.79 Å². The molecule has 0 spiro atoms. The number of nitrogens with one attached hydrogen (secondary N) is 1. The van der Waals surface area contributed by atoms with E-state index in [1.54, 1.807) is 0 Å². The molecular formula is C26H28N4O. The molecule has 2 aromatic heterocycles. The van der Waals surface area contributed by atoms with Gasteiger partial charge >= 0.3 is 0 Å². The number of anilines is 1. The number of rotatable bonds is 2. The van der Waals surface area contributed by atoms with Crippen LogP contribution in [0.1, 0.15) is 47.6 Å². The molecule has 1 N–H and O–H groups in total. The van der Waals surface area contributed by atoms with Crippen LogP contribution in [-0.2, 0) is 4.79 Å². The largest absolute Gasteiger partial charge is 0.370 e. The van der Waals surface area contributed by atoms with Gasteiger partial charge in [-0.25, -0.2) is 0 Å². The summed E-state index contributed by atoms with van der Waals surface area (Å²) in [6.07, 6.45) is 11.4. The third kappa shape index (κ3) is 3.19. The minimum atomic E-state index is 0.108. The molecule has 2 fully saturated rings. The Kier molecular flexibility index (Phi) is 4.46. The predicted octanol–water partition coefficient (Wildman–Crippen LogP) is 4.06. The molecule has 3 heterocycles. The van der Waals surface area contributed by atoms with Crippen LogP contribution in [0.2, 0.25) is 0 Å². The maximum atomic E-state index is 13.5. The number of fused-ring (bicyclic) bond motifs is 4. The SMILES string of the molecule is Cc1cn2cc(C3=Cc4ccc(N5CCCNCC5)cc4C4CCC4C3=O)cc2cn1. The van der Waals surface area contributed by atoms with Crippen molar-refractivity contribution in [1.29, 1.82) is 0 Å². The second-order valence-corrected chi connectivity index (χ2v) is 9.21. The van der Waals surface area contributed by atoms with Gasteiger partial charge in [0.05, 0.1) is 17.4 Å². The van der Waals surface area contributed by atoms with Gasteiger partial charge in [0.25, 0.3) is 0 Å². The van der Waals surface area contributed by atoms with E-state index in [2.05, 4.69) is 56.1 Å². The zero-order valence-electron chi connectivity index (χ0n) is 18.0. The van der Waals surface area contributed by atoms with E-state index in [0.717, 1.165) is 61.4 Å². The third-order valence-corrected chi connectivity index (χ3v) is 7.27. The first-order valence-corrected chi connectivity index (χ1v) is 11.5. The molecule has 0 bridgehead atoms. The zero-order chi connectivity index (χ0) is 20.9. The Bertz CT molecular complexity index is 1200. The lowest BCUT2D eigenvalue weighted by molar-refractivity contribution is -0.120. The summed E-state index contributed by atoms with van der Waals surface area (Å²) in [5, 5.41) is 3.49. The molecule has 0 radical (unpaired) electrons. The van der Waals surface area contributed by atoms with Crippen LogP contribution >= 0.6 is 0 Å². The summed E-state index contributed by atoms with van der Waals surface area (Å²) >= 11 is 0. The number of nitrogens with zero attached hydrogens (tertiary/aromatic N) is 3. The van der Waals surface area contributed by atoms with Crippen LogP contribution in [0.3, 0.4) is 0 Å². The molecule has 2 aliphatic carbocycles. The van der Waals surface area contributed by atoms with E-state index in [1.807, 2.05) is 19.3 Å². The first kappa shape index (κ1) is 18.8. The number of benzene rings is 1. The van der Waals surface area contributed by atoms with Gasteiger partial charge in [0.15, 0.2) is 5.78 Å². The Hall–Kier alpha value is -2.92. The van der Waals surface area contributed by atoms with Crippen molar-refractivity contribution in [3.8, 4) is 0 Å². The highest BCUT2D eigenvalue weighted by atomic mass is 16.1. The summed E-state index contributed by atoms with van der Waals surface area (Å²) < 4.78 is 2.08. The summed E-state index contributed by atoms with van der Waals surface area (Å²) in [7, 11) is 0. The number of ketones is 1. The van der Waals surface area contributed by atoms with Gasteiger partial charge in [-0.05, 0) is 74.1 Å². The topological polar surface area (TPSA) is 49.6 Å². The van der Waals surface area contributed by atoms with Crippen LogP contribution in [0.4, 0.5) is 5.69 Å². The monoisotopic (exact) mass is 412 g/mol. The smallest absolute Gasteiger partial charge is 0.167 e. The van der Waals surface area contributed by atoms with Crippen molar-refractivity contribution in [2.45, 2.75) is 32.1 Å². The maximum Gasteiger partial charge on any atom is 0.167 e. The number of aryl methyl sites for hydroxylation is 1. The molecule has 1 saturated heterocycles. The van der Waals surface area contributed by atoms with Crippen molar-refractivity contribution in [2.24, 2.45) is 5.92 Å². The highest BCUT2D eigenvalue weighted by Gasteiger charge is 2.41. The van der Waals surface area contributed by atoms with Crippen LogP contribution < -0.4 is 10.2 Å². The van der Waals surface area contributed by atoms with Crippen molar-refractivity contribution in [1.82, 2.24) is 14.7 Å². The fraction of sp³-hybridized carbons (Fsp3) is 0.385. The summed E-state index contributed by atoms with van der Waals surface area (Å²) in [6, 6.07) is 8.94. The number of carbonyl (C=O) groups excluding carboxylic acids is 1. The van der Waals surface area contributed by atoms with Crippen LogP contribution in [0.5, 0.6) is 0 Å². The lowest BCUT2D eigenvalue weighted by atomic mass is 9.67. The zero-order valence-corrected chi connectivity index (χ0v) is 18.0. The second kappa shape index (κ2) is 7.34. The molecule has 3 aromatic rings. The number of Topliss-reactive ketones (excluding diaryl/α,β-unsaturated/α-hetero) is 1. The van der Waals surface area contributed by atoms with Crippen LogP contribution in [0.25, 0.3) is 17.2 Å². The van der Waals surface area contributed by atoms with Crippen LogP contribution in [0, 0.1) is 12.8 Å². The van der Waals surface area contributed by atoms with Gasteiger partial charge in [0.1, 0.15) is 0 Å². The standard InChI is InChI=1S/C26H28N4O/c1-17-15-30-16-19(11-21(30)14-28-17)25-12-18-3-4-20(29-9-2-7-27-8-10-29)13-24(18)22-5-6-23(22)26(25)31/h3-4,11-16,22-23,27H,2,5-10H2,1H3. The lowest BCUT2D eigenvalue weighted by Crippen LogP contribution is -2.31. The molecule has 1 saturated carbocycles. The normalized spacial score (nSPS) is 23.5. The van der Waals surface area contributed by atoms with Crippen molar-refractivity contribution < 1.29 is 4.79 Å². The molecule has 31 heavy (non-hydrogen) atoms. The van der Waals surface area contributed by atoms with Crippen LogP contribution in [-0.4, -0.2) is 41.3 Å². The number of hydrogen-bond donors (Lipinski definition) is 1. The number of hydrogen-bond acceptors (Lipinski definition) is 4. The highest BCUT2D eigenvalue weighted by Crippen LogP contribution is 2.49. The molecule has 5 heteroatoms. The Labute approximate surface area is 182 Å². The molecule has 6 rings (SSSR count). The minimum Gasteiger partial charge on any atom is -0.370 e. The second-order valence-electron chi connectivity index (χ2n) is 9.21. The van der Waals surface area contributed by atoms with E-state index in [4.69, 9.17) is 0 Å². The van der Waals surface area contributed by atoms with E-state index in [1.165, 1.54) is 23.2 Å². The third-order valence-electron chi connectivity index (χ3n) is 7.27. The quantitative estimate of drug-likeness (QED) is 0.690. The molecule has 3 aliphatic rings. The Balaban J connectivity index is 1.43. The maximum absolute atomic E-state index is 13.5. The van der Waals surface area contributed by atoms with E-state index < -0.39 is 0 Å². The van der Waals surface area contributed by atoms with Gasteiger partial charge in [-0.3, -0.25) is 9.78 Å². The van der Waals surface area contributed by atoms with Crippen molar-refractivity contribution in [2.75, 3.05) is 31.1 Å². The fourth-order valence-electron chi connectivity index (χ4n) is 5.41. The Morgan fingerprint density at radius 1 is 1.06 bits per heavy atom. The summed E-state index contributed by atoms with van der Waals surface area (Å²) in [5.41, 5.74) is 7.70. The molecule has 5 nitrogen and oxygen atoms in total. The lowest BCUT2D eigenvalue weighted by Gasteiger charge is -2.36. The molecule has 0 amide bonds. The number of carbonyl (C=O) groups is 1. The van der Waals surface area contributed by atoms with E-state index >= 15 is 0 Å². The first-order valence-electron chi connectivity index (χ1n) is 11.5. The number of allylic oxidation sites excluding steroid dienone is 1. The van der Waals surface area contributed by atoms with Crippen molar-refractivity contribution >= 4 is 28.6 Å².